The van der Waals surface area contributed by atoms with Gasteiger partial charge in [-0.25, -0.2) is 9.78 Å². The second kappa shape index (κ2) is 8.45. The van der Waals surface area contributed by atoms with Gasteiger partial charge in [0.15, 0.2) is 0 Å². The molecular formula is C22H29NO5. The Morgan fingerprint density at radius 3 is 2.46 bits per heavy atom. The van der Waals surface area contributed by atoms with Crippen molar-refractivity contribution in [3.63, 3.8) is 0 Å². The topological polar surface area (TPSA) is 70.8 Å². The molecule has 152 valence electrons. The van der Waals surface area contributed by atoms with E-state index in [0.29, 0.717) is 19.1 Å². The Balaban J connectivity index is 1.48. The second-order valence-electron chi connectivity index (χ2n) is 7.92. The number of benzene rings is 1. The number of rotatable bonds is 7. The van der Waals surface area contributed by atoms with Crippen molar-refractivity contribution in [2.75, 3.05) is 20.3 Å². The maximum atomic E-state index is 11.8. The van der Waals surface area contributed by atoms with E-state index >= 15 is 0 Å². The number of methoxy groups -OCH3 is 1. The van der Waals surface area contributed by atoms with Gasteiger partial charge in [-0.1, -0.05) is 31.5 Å². The van der Waals surface area contributed by atoms with E-state index in [4.69, 9.17) is 18.6 Å². The molecule has 2 aromatic rings. The first-order valence-corrected chi connectivity index (χ1v) is 9.73. The van der Waals surface area contributed by atoms with Crippen LogP contribution in [-0.4, -0.2) is 37.1 Å². The molecule has 6 heteroatoms. The van der Waals surface area contributed by atoms with Crippen LogP contribution in [-0.2, 0) is 25.4 Å². The van der Waals surface area contributed by atoms with Crippen LogP contribution < -0.4 is 0 Å². The van der Waals surface area contributed by atoms with E-state index in [1.54, 1.807) is 6.92 Å². The lowest BCUT2D eigenvalue weighted by Crippen LogP contribution is -2.51. The van der Waals surface area contributed by atoms with Gasteiger partial charge in [-0.15, -0.1) is 0 Å². The molecule has 0 amide bonds. The molecule has 1 aromatic heterocycles. The Kier molecular flexibility index (Phi) is 6.20. The third-order valence-corrected chi connectivity index (χ3v) is 5.31. The molecule has 2 heterocycles. The molecule has 6 nitrogen and oxygen atoms in total. The monoisotopic (exact) mass is 387 g/mol. The van der Waals surface area contributed by atoms with Crippen molar-refractivity contribution < 1.29 is 23.4 Å². The van der Waals surface area contributed by atoms with E-state index in [-0.39, 0.29) is 5.41 Å². The molecule has 0 unspecified atom stereocenters. The van der Waals surface area contributed by atoms with Crippen LogP contribution in [0.25, 0.3) is 11.5 Å². The summed E-state index contributed by atoms with van der Waals surface area (Å²) in [6.45, 7) is 6.64. The molecule has 3 rings (SSSR count). The zero-order valence-electron chi connectivity index (χ0n) is 17.1. The lowest BCUT2D eigenvalue weighted by Gasteiger charge is -2.41. The molecule has 0 saturated carbocycles. The summed E-state index contributed by atoms with van der Waals surface area (Å²) in [5, 5.41) is 0. The molecule has 0 atom stereocenters. The quantitative estimate of drug-likeness (QED) is 0.521. The molecule has 1 aliphatic rings. The third kappa shape index (κ3) is 4.62. The molecule has 0 aliphatic carbocycles. The van der Waals surface area contributed by atoms with E-state index in [1.807, 2.05) is 37.3 Å². The van der Waals surface area contributed by atoms with Crippen molar-refractivity contribution in [2.45, 2.75) is 52.2 Å². The predicted molar refractivity (Wildman–Crippen MR) is 105 cm³/mol. The number of hydrogen-bond donors (Lipinski definition) is 0. The lowest BCUT2D eigenvalue weighted by atomic mass is 9.85. The van der Waals surface area contributed by atoms with Gasteiger partial charge in [0.25, 0.3) is 5.79 Å². The van der Waals surface area contributed by atoms with E-state index in [2.05, 4.69) is 11.9 Å². The van der Waals surface area contributed by atoms with Crippen LogP contribution in [0.5, 0.6) is 0 Å². The van der Waals surface area contributed by atoms with Crippen LogP contribution in [0.3, 0.4) is 0 Å². The molecule has 0 radical (unpaired) electrons. The largest absolute Gasteiger partial charge is 0.465 e. The third-order valence-electron chi connectivity index (χ3n) is 5.31. The average Bonchev–Trinajstić information content (AvgIpc) is 3.09. The maximum absolute atomic E-state index is 11.8. The standard InChI is InChI=1S/C22H29NO5/c1-16-18(23-19(28-16)17-10-6-5-7-11-17)12-8-9-13-21(2)14-26-22(3,27-15-21)20(24)25-4/h5-7,10-11H,8-9,12-15H2,1-4H3/t21-,22-. The Hall–Kier alpha value is -2.18. The van der Waals surface area contributed by atoms with Gasteiger partial charge in [-0.05, 0) is 38.3 Å². The number of oxazole rings is 1. The lowest BCUT2D eigenvalue weighted by molar-refractivity contribution is -0.288. The maximum Gasteiger partial charge on any atom is 0.366 e. The van der Waals surface area contributed by atoms with Gasteiger partial charge in [0, 0.05) is 17.9 Å². The SMILES string of the molecule is COC(=O)[C@]1(C)OC[C@@](C)(CCCCc2nc(-c3ccccc3)oc2C)CO1. The summed E-state index contributed by atoms with van der Waals surface area (Å²) in [6.07, 6.45) is 3.85. The van der Waals surface area contributed by atoms with E-state index in [0.717, 1.165) is 42.7 Å². The number of aromatic nitrogens is 1. The van der Waals surface area contributed by atoms with Crippen molar-refractivity contribution in [2.24, 2.45) is 5.41 Å². The van der Waals surface area contributed by atoms with Crippen molar-refractivity contribution in [1.29, 1.82) is 0 Å². The summed E-state index contributed by atoms with van der Waals surface area (Å²) >= 11 is 0. The molecular weight excluding hydrogens is 358 g/mol. The fraction of sp³-hybridized carbons (Fsp3) is 0.545. The van der Waals surface area contributed by atoms with Gasteiger partial charge < -0.3 is 18.6 Å². The number of aryl methyl sites for hydroxylation is 2. The summed E-state index contributed by atoms with van der Waals surface area (Å²) in [5.41, 5.74) is 1.90. The number of carbonyl (C=O) groups is 1. The molecule has 1 aliphatic heterocycles. The Morgan fingerprint density at radius 1 is 1.14 bits per heavy atom. The van der Waals surface area contributed by atoms with Crippen LogP contribution in [0, 0.1) is 12.3 Å². The number of hydrogen-bond acceptors (Lipinski definition) is 6. The number of nitrogens with zero attached hydrogens (tertiary/aromatic N) is 1. The molecule has 1 saturated heterocycles. The Labute approximate surface area is 166 Å². The zero-order chi connectivity index (χ0) is 20.2. The first-order chi connectivity index (χ1) is 13.4. The van der Waals surface area contributed by atoms with Gasteiger partial charge >= 0.3 is 5.97 Å². The first kappa shape index (κ1) is 20.6. The summed E-state index contributed by atoms with van der Waals surface area (Å²) in [5.74, 6) is -0.232. The van der Waals surface area contributed by atoms with Gasteiger partial charge in [0.2, 0.25) is 5.89 Å². The van der Waals surface area contributed by atoms with Crippen molar-refractivity contribution in [1.82, 2.24) is 4.98 Å². The van der Waals surface area contributed by atoms with Gasteiger partial charge in [-0.2, -0.15) is 0 Å². The van der Waals surface area contributed by atoms with Crippen LogP contribution in [0.1, 0.15) is 44.6 Å². The molecule has 0 N–H and O–H groups in total. The molecule has 0 bridgehead atoms. The number of ether oxygens (including phenoxy) is 3. The number of unbranched alkanes of at least 4 members (excludes halogenated alkanes) is 1. The van der Waals surface area contributed by atoms with E-state index < -0.39 is 11.8 Å². The number of esters is 1. The minimum absolute atomic E-state index is 0.110. The average molecular weight is 387 g/mol. The molecule has 1 aromatic carbocycles. The van der Waals surface area contributed by atoms with Crippen LogP contribution in [0.2, 0.25) is 0 Å². The summed E-state index contributed by atoms with van der Waals surface area (Å²) in [7, 11) is 1.34. The first-order valence-electron chi connectivity index (χ1n) is 9.73. The van der Waals surface area contributed by atoms with Gasteiger partial charge in [0.05, 0.1) is 26.0 Å². The Morgan fingerprint density at radius 2 is 1.82 bits per heavy atom. The highest BCUT2D eigenvalue weighted by molar-refractivity contribution is 5.77. The minimum Gasteiger partial charge on any atom is -0.465 e. The number of carbonyl (C=O) groups excluding carboxylic acids is 1. The fourth-order valence-electron chi connectivity index (χ4n) is 3.36. The van der Waals surface area contributed by atoms with E-state index in [1.165, 1.54) is 7.11 Å². The minimum atomic E-state index is -1.29. The van der Waals surface area contributed by atoms with Gasteiger partial charge in [-0.3, -0.25) is 0 Å². The van der Waals surface area contributed by atoms with Crippen molar-refractivity contribution in [3.8, 4) is 11.5 Å². The highest BCUT2D eigenvalue weighted by Crippen LogP contribution is 2.34. The smallest absolute Gasteiger partial charge is 0.366 e. The highest BCUT2D eigenvalue weighted by atomic mass is 16.7. The van der Waals surface area contributed by atoms with Crippen molar-refractivity contribution >= 4 is 5.97 Å². The van der Waals surface area contributed by atoms with Crippen LogP contribution in [0.4, 0.5) is 0 Å². The highest BCUT2D eigenvalue weighted by Gasteiger charge is 2.45. The molecule has 28 heavy (non-hydrogen) atoms. The normalized spacial score (nSPS) is 24.9. The predicted octanol–water partition coefficient (Wildman–Crippen LogP) is 4.31. The summed E-state index contributed by atoms with van der Waals surface area (Å²) in [4.78, 5) is 16.4. The zero-order valence-corrected chi connectivity index (χ0v) is 17.1. The van der Waals surface area contributed by atoms with Gasteiger partial charge in [0.1, 0.15) is 5.76 Å². The summed E-state index contributed by atoms with van der Waals surface area (Å²) in [6, 6.07) is 9.94. The second-order valence-corrected chi connectivity index (χ2v) is 7.92. The molecule has 1 fully saturated rings. The van der Waals surface area contributed by atoms with E-state index in [9.17, 15) is 4.79 Å². The van der Waals surface area contributed by atoms with Crippen molar-refractivity contribution in [3.05, 3.63) is 41.8 Å². The van der Waals surface area contributed by atoms with Crippen LogP contribution >= 0.6 is 0 Å². The molecule has 0 spiro atoms. The Bertz CT molecular complexity index is 791. The van der Waals surface area contributed by atoms with Crippen LogP contribution in [0.15, 0.2) is 34.7 Å². The summed E-state index contributed by atoms with van der Waals surface area (Å²) < 4.78 is 22.0. The fourth-order valence-corrected chi connectivity index (χ4v) is 3.36.